The summed E-state index contributed by atoms with van der Waals surface area (Å²) in [6, 6.07) is 5.80. The fourth-order valence-electron chi connectivity index (χ4n) is 5.36. The number of ether oxygens (including phenoxy) is 2. The molecule has 4 aliphatic rings. The van der Waals surface area contributed by atoms with Crippen molar-refractivity contribution in [2.75, 3.05) is 19.6 Å². The average Bonchev–Trinajstić information content (AvgIpc) is 3.04. The van der Waals surface area contributed by atoms with E-state index in [1.165, 1.54) is 36.3 Å². The zero-order valence-corrected chi connectivity index (χ0v) is 15.9. The topological polar surface area (TPSA) is 31.4 Å². The van der Waals surface area contributed by atoms with Gasteiger partial charge in [0.05, 0.1) is 24.5 Å². The standard InChI is InChI=1S/C19H19BF3N2O2S/c20-25-8-11-5-13(9-25)17(14(6-11)10-25)26-18-24-7-16(28-18)12-1-3-15(4-2-12)27-19(21,22)23/h1-4,7,11,13-14,17H,5-6,8-10H2/q+1. The van der Waals surface area contributed by atoms with Crippen molar-refractivity contribution in [1.29, 1.82) is 0 Å². The molecule has 2 unspecified atom stereocenters. The summed E-state index contributed by atoms with van der Waals surface area (Å²) in [5.41, 5.74) is 0.782. The van der Waals surface area contributed by atoms with Crippen molar-refractivity contribution in [1.82, 2.24) is 4.98 Å². The summed E-state index contributed by atoms with van der Waals surface area (Å²) in [5, 5.41) is 0.613. The first-order chi connectivity index (χ1) is 13.3. The normalized spacial score (nSPS) is 33.8. The summed E-state index contributed by atoms with van der Waals surface area (Å²) in [6.45, 7) is 3.03. The largest absolute Gasteiger partial charge is 0.573 e. The minimum Gasteiger partial charge on any atom is -0.466 e. The predicted molar refractivity (Wildman–Crippen MR) is 99.0 cm³/mol. The molecule has 2 radical (unpaired) electrons. The van der Waals surface area contributed by atoms with Crippen LogP contribution in [0.2, 0.25) is 0 Å². The first-order valence-corrected chi connectivity index (χ1v) is 10.2. The number of thiazole rings is 1. The van der Waals surface area contributed by atoms with Crippen LogP contribution in [0, 0.1) is 17.8 Å². The molecule has 146 valence electrons. The van der Waals surface area contributed by atoms with Crippen LogP contribution in [-0.2, 0) is 0 Å². The fourth-order valence-corrected chi connectivity index (χ4v) is 6.17. The highest BCUT2D eigenvalue weighted by Gasteiger charge is 2.55. The van der Waals surface area contributed by atoms with Gasteiger partial charge in [-0.2, -0.15) is 0 Å². The van der Waals surface area contributed by atoms with Crippen LogP contribution in [-0.4, -0.2) is 49.5 Å². The molecule has 4 nitrogen and oxygen atoms in total. The monoisotopic (exact) mass is 407 g/mol. The van der Waals surface area contributed by atoms with Gasteiger partial charge in [-0.05, 0) is 42.7 Å². The van der Waals surface area contributed by atoms with Gasteiger partial charge in [-0.3, -0.25) is 0 Å². The third kappa shape index (κ3) is 3.50. The lowest BCUT2D eigenvalue weighted by Crippen LogP contribution is -2.70. The first-order valence-electron chi connectivity index (χ1n) is 9.40. The molecule has 0 spiro atoms. The first kappa shape index (κ1) is 18.3. The number of quaternary nitrogens is 1. The quantitative estimate of drug-likeness (QED) is 0.718. The van der Waals surface area contributed by atoms with E-state index in [0.29, 0.717) is 27.3 Å². The molecule has 4 bridgehead atoms. The minimum absolute atomic E-state index is 0.160. The average molecular weight is 407 g/mol. The second kappa shape index (κ2) is 6.39. The van der Waals surface area contributed by atoms with Gasteiger partial charge in [0, 0.05) is 24.0 Å². The molecule has 1 aromatic heterocycles. The Kier molecular flexibility index (Phi) is 4.17. The van der Waals surface area contributed by atoms with Crippen LogP contribution in [0.15, 0.2) is 30.5 Å². The highest BCUT2D eigenvalue weighted by atomic mass is 32.1. The number of rotatable bonds is 4. The summed E-state index contributed by atoms with van der Waals surface area (Å²) in [4.78, 5) is 5.24. The van der Waals surface area contributed by atoms with Gasteiger partial charge in [-0.25, -0.2) is 4.98 Å². The number of piperidine rings is 3. The van der Waals surface area contributed by atoms with Crippen molar-refractivity contribution in [3.63, 3.8) is 0 Å². The molecule has 1 aromatic carbocycles. The molecule has 0 amide bonds. The predicted octanol–water partition coefficient (Wildman–Crippen LogP) is 4.03. The van der Waals surface area contributed by atoms with E-state index >= 15 is 0 Å². The summed E-state index contributed by atoms with van der Waals surface area (Å²) in [5.74, 6) is 1.43. The van der Waals surface area contributed by atoms with Crippen LogP contribution >= 0.6 is 11.3 Å². The minimum atomic E-state index is -4.69. The van der Waals surface area contributed by atoms with Crippen LogP contribution in [0.4, 0.5) is 13.2 Å². The molecule has 9 heteroatoms. The van der Waals surface area contributed by atoms with Gasteiger partial charge in [-0.15, -0.1) is 13.2 Å². The van der Waals surface area contributed by atoms with Gasteiger partial charge in [0.1, 0.15) is 11.9 Å². The summed E-state index contributed by atoms with van der Waals surface area (Å²) in [6.07, 6.45) is -0.468. The fraction of sp³-hybridized carbons (Fsp3) is 0.526. The van der Waals surface area contributed by atoms with E-state index < -0.39 is 6.36 Å². The second-order valence-electron chi connectivity index (χ2n) is 8.27. The lowest BCUT2D eigenvalue weighted by Gasteiger charge is -2.59. The highest BCUT2D eigenvalue weighted by Crippen LogP contribution is 2.48. The van der Waals surface area contributed by atoms with Crippen LogP contribution < -0.4 is 9.47 Å². The Hall–Kier alpha value is -1.74. The maximum Gasteiger partial charge on any atom is 0.573 e. The molecule has 4 heterocycles. The number of hydrogen-bond acceptors (Lipinski definition) is 4. The molecule has 1 aliphatic carbocycles. The van der Waals surface area contributed by atoms with Crippen LogP contribution in [0.3, 0.4) is 0 Å². The van der Waals surface area contributed by atoms with E-state index in [1.807, 2.05) is 0 Å². The van der Waals surface area contributed by atoms with E-state index in [-0.39, 0.29) is 11.9 Å². The van der Waals surface area contributed by atoms with Gasteiger partial charge in [0.15, 0.2) is 0 Å². The summed E-state index contributed by atoms with van der Waals surface area (Å²) in [7, 11) is 6.50. The van der Waals surface area contributed by atoms with E-state index in [1.54, 1.807) is 18.3 Å². The van der Waals surface area contributed by atoms with Crippen LogP contribution in [0.1, 0.15) is 12.8 Å². The Morgan fingerprint density at radius 1 is 1.07 bits per heavy atom. The van der Waals surface area contributed by atoms with E-state index in [4.69, 9.17) is 12.7 Å². The Bertz CT molecular complexity index is 857. The van der Waals surface area contributed by atoms with Gasteiger partial charge in [0.25, 0.3) is 5.19 Å². The molecule has 0 N–H and O–H groups in total. The molecule has 1 saturated carbocycles. The van der Waals surface area contributed by atoms with Crippen LogP contribution in [0.25, 0.3) is 10.4 Å². The van der Waals surface area contributed by atoms with Gasteiger partial charge < -0.3 is 13.9 Å². The van der Waals surface area contributed by atoms with Crippen molar-refractivity contribution in [2.45, 2.75) is 25.3 Å². The number of benzene rings is 1. The Labute approximate surface area is 166 Å². The molecule has 4 fully saturated rings. The smallest absolute Gasteiger partial charge is 0.466 e. The van der Waals surface area contributed by atoms with Crippen molar-refractivity contribution in [3.05, 3.63) is 30.5 Å². The lowest BCUT2D eigenvalue weighted by atomic mass is 9.63. The molecule has 3 saturated heterocycles. The molecule has 2 atom stereocenters. The van der Waals surface area contributed by atoms with Crippen molar-refractivity contribution in [3.8, 4) is 21.4 Å². The van der Waals surface area contributed by atoms with Gasteiger partial charge in [0.2, 0.25) is 0 Å². The molecule has 2 aromatic rings. The van der Waals surface area contributed by atoms with E-state index in [9.17, 15) is 13.2 Å². The number of aromatic nitrogens is 1. The van der Waals surface area contributed by atoms with Crippen molar-refractivity contribution in [2.24, 2.45) is 17.8 Å². The van der Waals surface area contributed by atoms with Crippen molar-refractivity contribution < 1.29 is 27.0 Å². The Morgan fingerprint density at radius 2 is 1.75 bits per heavy atom. The van der Waals surface area contributed by atoms with Crippen LogP contribution in [0.5, 0.6) is 10.9 Å². The summed E-state index contributed by atoms with van der Waals surface area (Å²) >= 11 is 1.42. The number of nitrogens with zero attached hydrogens (tertiary/aromatic N) is 2. The van der Waals surface area contributed by atoms with E-state index in [0.717, 1.165) is 30.1 Å². The maximum atomic E-state index is 12.3. The zero-order chi connectivity index (χ0) is 19.5. The van der Waals surface area contributed by atoms with E-state index in [2.05, 4.69) is 9.72 Å². The van der Waals surface area contributed by atoms with Gasteiger partial charge >= 0.3 is 14.3 Å². The summed E-state index contributed by atoms with van der Waals surface area (Å²) < 4.78 is 47.7. The zero-order valence-electron chi connectivity index (χ0n) is 15.1. The Balaban J connectivity index is 1.28. The Morgan fingerprint density at radius 3 is 2.36 bits per heavy atom. The third-order valence-electron chi connectivity index (χ3n) is 6.11. The highest BCUT2D eigenvalue weighted by molar-refractivity contribution is 7.16. The molecule has 3 aliphatic heterocycles. The second-order valence-corrected chi connectivity index (χ2v) is 9.26. The van der Waals surface area contributed by atoms with Crippen molar-refractivity contribution >= 4 is 19.3 Å². The van der Waals surface area contributed by atoms with Gasteiger partial charge in [-0.1, -0.05) is 11.3 Å². The molecule has 6 rings (SSSR count). The molecular formula is C19H19BF3N2O2S+. The molecule has 28 heavy (non-hydrogen) atoms. The third-order valence-corrected chi connectivity index (χ3v) is 7.05. The SMILES string of the molecule is [B][N+]12CC3CC(C1)C(Oc1ncc(-c4ccc(OC(F)(F)F)cc4)s1)C(C3)C2. The number of alkyl halides is 3. The lowest BCUT2D eigenvalue weighted by molar-refractivity contribution is -0.852. The number of halogens is 3. The maximum absolute atomic E-state index is 12.3. The molecular weight excluding hydrogens is 388 g/mol. The number of hydrogen-bond donors (Lipinski definition) is 0.